The van der Waals surface area contributed by atoms with Gasteiger partial charge in [0.1, 0.15) is 5.82 Å². The SMILES string of the molecule is Nc1ccccc1-c1nc2c(C(O)O)cccc2[nH]1. The molecule has 0 amide bonds. The number of benzene rings is 2. The zero-order valence-electron chi connectivity index (χ0n) is 10.0. The Morgan fingerprint density at radius 1 is 1.05 bits per heavy atom. The Labute approximate surface area is 109 Å². The molecule has 0 spiro atoms. The van der Waals surface area contributed by atoms with Gasteiger partial charge in [-0.15, -0.1) is 0 Å². The molecule has 96 valence electrons. The molecule has 0 radical (unpaired) electrons. The maximum Gasteiger partial charge on any atom is 0.180 e. The summed E-state index contributed by atoms with van der Waals surface area (Å²) in [7, 11) is 0. The Kier molecular flexibility index (Phi) is 2.70. The van der Waals surface area contributed by atoms with E-state index in [-0.39, 0.29) is 0 Å². The monoisotopic (exact) mass is 255 g/mol. The second kappa shape index (κ2) is 4.38. The highest BCUT2D eigenvalue weighted by Gasteiger charge is 2.13. The van der Waals surface area contributed by atoms with E-state index in [0.29, 0.717) is 22.6 Å². The van der Waals surface area contributed by atoms with Gasteiger partial charge in [0.2, 0.25) is 0 Å². The normalized spacial score (nSPS) is 11.3. The summed E-state index contributed by atoms with van der Waals surface area (Å²) in [6.45, 7) is 0. The van der Waals surface area contributed by atoms with Crippen LogP contribution in [0.1, 0.15) is 11.9 Å². The fourth-order valence-electron chi connectivity index (χ4n) is 2.10. The molecule has 3 aromatic rings. The fourth-order valence-corrected chi connectivity index (χ4v) is 2.10. The summed E-state index contributed by atoms with van der Waals surface area (Å²) in [4.78, 5) is 7.54. The molecule has 0 aliphatic carbocycles. The number of hydrogen-bond acceptors (Lipinski definition) is 4. The number of aliphatic hydroxyl groups is 2. The van der Waals surface area contributed by atoms with Crippen molar-refractivity contribution in [1.82, 2.24) is 9.97 Å². The minimum absolute atomic E-state index is 0.370. The minimum atomic E-state index is -1.55. The molecule has 1 heterocycles. The molecule has 0 unspecified atom stereocenters. The summed E-state index contributed by atoms with van der Waals surface area (Å²) in [5, 5.41) is 18.7. The summed E-state index contributed by atoms with van der Waals surface area (Å²) in [5.41, 5.74) is 8.97. The van der Waals surface area contributed by atoms with Crippen LogP contribution in [0.25, 0.3) is 22.4 Å². The Hall–Kier alpha value is -2.37. The Balaban J connectivity index is 2.23. The van der Waals surface area contributed by atoms with Gasteiger partial charge in [0.15, 0.2) is 6.29 Å². The van der Waals surface area contributed by atoms with Gasteiger partial charge >= 0.3 is 0 Å². The Morgan fingerprint density at radius 2 is 1.84 bits per heavy atom. The standard InChI is InChI=1S/C14H13N3O2/c15-10-6-2-1-4-8(10)13-16-11-7-3-5-9(14(18)19)12(11)17-13/h1-7,14,18-19H,15H2,(H,16,17). The van der Waals surface area contributed by atoms with Crippen molar-refractivity contribution in [3.05, 3.63) is 48.0 Å². The maximum absolute atomic E-state index is 9.33. The van der Waals surface area contributed by atoms with Crippen molar-refractivity contribution >= 4 is 16.7 Å². The van der Waals surface area contributed by atoms with Crippen LogP contribution in [0.15, 0.2) is 42.5 Å². The molecule has 0 saturated heterocycles. The molecule has 0 aliphatic heterocycles. The molecule has 0 fully saturated rings. The average Bonchev–Trinajstić information content (AvgIpc) is 2.82. The van der Waals surface area contributed by atoms with E-state index in [1.165, 1.54) is 0 Å². The first-order valence-corrected chi connectivity index (χ1v) is 5.86. The van der Waals surface area contributed by atoms with Crippen LogP contribution in [-0.4, -0.2) is 20.2 Å². The molecule has 0 saturated carbocycles. The van der Waals surface area contributed by atoms with Crippen LogP contribution in [0, 0.1) is 0 Å². The molecular formula is C14H13N3O2. The van der Waals surface area contributed by atoms with Crippen molar-refractivity contribution < 1.29 is 10.2 Å². The highest BCUT2D eigenvalue weighted by molar-refractivity contribution is 5.84. The maximum atomic E-state index is 9.33. The minimum Gasteiger partial charge on any atom is -0.398 e. The van der Waals surface area contributed by atoms with Crippen molar-refractivity contribution in [3.63, 3.8) is 0 Å². The smallest absolute Gasteiger partial charge is 0.180 e. The number of nitrogen functional groups attached to an aromatic ring is 1. The number of nitrogens with zero attached hydrogens (tertiary/aromatic N) is 1. The summed E-state index contributed by atoms with van der Waals surface area (Å²) < 4.78 is 0. The third-order valence-corrected chi connectivity index (χ3v) is 3.04. The lowest BCUT2D eigenvalue weighted by molar-refractivity contribution is -0.0414. The second-order valence-corrected chi connectivity index (χ2v) is 4.29. The number of aromatic amines is 1. The topological polar surface area (TPSA) is 95.2 Å². The van der Waals surface area contributed by atoms with Crippen LogP contribution in [0.2, 0.25) is 0 Å². The van der Waals surface area contributed by atoms with E-state index in [2.05, 4.69) is 9.97 Å². The number of aromatic nitrogens is 2. The predicted octanol–water partition coefficient (Wildman–Crippen LogP) is 1.80. The molecule has 0 bridgehead atoms. The number of nitrogens with one attached hydrogen (secondary N) is 1. The molecule has 19 heavy (non-hydrogen) atoms. The Morgan fingerprint density at radius 3 is 2.58 bits per heavy atom. The lowest BCUT2D eigenvalue weighted by Gasteiger charge is -2.03. The van der Waals surface area contributed by atoms with Crippen molar-refractivity contribution in [2.75, 3.05) is 5.73 Å². The third-order valence-electron chi connectivity index (χ3n) is 3.04. The van der Waals surface area contributed by atoms with E-state index in [9.17, 15) is 10.2 Å². The van der Waals surface area contributed by atoms with Crippen LogP contribution < -0.4 is 5.73 Å². The third kappa shape index (κ3) is 1.95. The number of aliphatic hydroxyl groups excluding tert-OH is 1. The van der Waals surface area contributed by atoms with Gasteiger partial charge in [-0.05, 0) is 18.2 Å². The van der Waals surface area contributed by atoms with Gasteiger partial charge in [0.25, 0.3) is 0 Å². The van der Waals surface area contributed by atoms with Gasteiger partial charge in [-0.2, -0.15) is 0 Å². The number of anilines is 1. The molecule has 5 heteroatoms. The number of para-hydroxylation sites is 2. The van der Waals surface area contributed by atoms with E-state index in [1.54, 1.807) is 18.2 Å². The van der Waals surface area contributed by atoms with Crippen molar-refractivity contribution in [1.29, 1.82) is 0 Å². The second-order valence-electron chi connectivity index (χ2n) is 4.29. The molecule has 1 aromatic heterocycles. The van der Waals surface area contributed by atoms with Crippen LogP contribution in [-0.2, 0) is 0 Å². The van der Waals surface area contributed by atoms with Gasteiger partial charge in [-0.3, -0.25) is 0 Å². The van der Waals surface area contributed by atoms with Gasteiger partial charge in [-0.25, -0.2) is 4.98 Å². The quantitative estimate of drug-likeness (QED) is 0.415. The van der Waals surface area contributed by atoms with Gasteiger partial charge in [-0.1, -0.05) is 24.3 Å². The molecule has 0 aliphatic rings. The molecule has 5 N–H and O–H groups in total. The van der Waals surface area contributed by atoms with E-state index in [1.807, 2.05) is 24.3 Å². The largest absolute Gasteiger partial charge is 0.398 e. The first-order chi connectivity index (χ1) is 9.16. The molecule has 3 rings (SSSR count). The van der Waals surface area contributed by atoms with Crippen molar-refractivity contribution in [2.24, 2.45) is 0 Å². The summed E-state index contributed by atoms with van der Waals surface area (Å²) in [6.07, 6.45) is -1.55. The van der Waals surface area contributed by atoms with Crippen LogP contribution in [0.3, 0.4) is 0 Å². The highest BCUT2D eigenvalue weighted by Crippen LogP contribution is 2.28. The summed E-state index contributed by atoms with van der Waals surface area (Å²) in [5.74, 6) is 0.612. The number of rotatable bonds is 2. The van der Waals surface area contributed by atoms with Crippen LogP contribution in [0.5, 0.6) is 0 Å². The first-order valence-electron chi connectivity index (χ1n) is 5.86. The molecule has 5 nitrogen and oxygen atoms in total. The highest BCUT2D eigenvalue weighted by atomic mass is 16.5. The first kappa shape index (κ1) is 11.7. The van der Waals surface area contributed by atoms with E-state index < -0.39 is 6.29 Å². The van der Waals surface area contributed by atoms with Crippen LogP contribution >= 0.6 is 0 Å². The molecular weight excluding hydrogens is 242 g/mol. The zero-order valence-corrected chi connectivity index (χ0v) is 10.0. The van der Waals surface area contributed by atoms with Gasteiger partial charge in [0, 0.05) is 16.8 Å². The number of H-pyrrole nitrogens is 1. The lowest BCUT2D eigenvalue weighted by atomic mass is 10.2. The molecule has 0 atom stereocenters. The van der Waals surface area contributed by atoms with E-state index in [4.69, 9.17) is 5.73 Å². The Bertz CT molecular complexity index is 734. The number of hydrogen-bond donors (Lipinski definition) is 4. The van der Waals surface area contributed by atoms with E-state index in [0.717, 1.165) is 11.1 Å². The predicted molar refractivity (Wildman–Crippen MR) is 73.1 cm³/mol. The van der Waals surface area contributed by atoms with E-state index >= 15 is 0 Å². The number of fused-ring (bicyclic) bond motifs is 1. The van der Waals surface area contributed by atoms with Gasteiger partial charge < -0.3 is 20.9 Å². The average molecular weight is 255 g/mol. The zero-order chi connectivity index (χ0) is 13.4. The van der Waals surface area contributed by atoms with Crippen molar-refractivity contribution in [3.8, 4) is 11.4 Å². The fraction of sp³-hybridized carbons (Fsp3) is 0.0714. The van der Waals surface area contributed by atoms with Crippen molar-refractivity contribution in [2.45, 2.75) is 6.29 Å². The summed E-state index contributed by atoms with van der Waals surface area (Å²) in [6, 6.07) is 12.6. The number of nitrogens with two attached hydrogens (primary N) is 1. The molecule has 2 aromatic carbocycles. The summed E-state index contributed by atoms with van der Waals surface area (Å²) >= 11 is 0. The van der Waals surface area contributed by atoms with Crippen LogP contribution in [0.4, 0.5) is 5.69 Å². The lowest BCUT2D eigenvalue weighted by Crippen LogP contribution is -1.95. The number of imidazole rings is 1. The van der Waals surface area contributed by atoms with Gasteiger partial charge in [0.05, 0.1) is 11.0 Å².